The molecule has 0 unspecified atom stereocenters. The van der Waals surface area contributed by atoms with Crippen LogP contribution in [0.5, 0.6) is 11.5 Å². The van der Waals surface area contributed by atoms with Crippen molar-refractivity contribution in [3.05, 3.63) is 23.8 Å². The molecule has 4 heteroatoms. The Kier molecular flexibility index (Phi) is 3.89. The van der Waals surface area contributed by atoms with Gasteiger partial charge in [0, 0.05) is 6.54 Å². The molecule has 4 nitrogen and oxygen atoms in total. The molecule has 0 spiro atoms. The molecular formula is C15H22N2O2. The molecule has 0 amide bonds. The fourth-order valence-corrected chi connectivity index (χ4v) is 2.82. The van der Waals surface area contributed by atoms with E-state index in [0.29, 0.717) is 13.2 Å². The number of likely N-dealkylation sites (tertiary alicyclic amines) is 1. The Morgan fingerprint density at radius 2 is 1.84 bits per heavy atom. The minimum atomic E-state index is 0.651. The van der Waals surface area contributed by atoms with Crippen LogP contribution in [0.15, 0.2) is 18.2 Å². The molecule has 104 valence electrons. The molecule has 1 fully saturated rings. The van der Waals surface area contributed by atoms with E-state index in [1.807, 2.05) is 6.07 Å². The first-order chi connectivity index (χ1) is 9.35. The third-order valence-corrected chi connectivity index (χ3v) is 4.05. The van der Waals surface area contributed by atoms with Crippen molar-refractivity contribution >= 4 is 0 Å². The molecule has 0 aromatic heterocycles. The average Bonchev–Trinajstić information content (AvgIpc) is 2.48. The van der Waals surface area contributed by atoms with E-state index in [1.165, 1.54) is 18.4 Å². The Hall–Kier alpha value is -1.26. The van der Waals surface area contributed by atoms with Crippen molar-refractivity contribution in [3.63, 3.8) is 0 Å². The van der Waals surface area contributed by atoms with E-state index in [1.54, 1.807) is 0 Å². The van der Waals surface area contributed by atoms with Crippen LogP contribution in [0.3, 0.4) is 0 Å². The number of benzene rings is 1. The first-order valence-corrected chi connectivity index (χ1v) is 7.16. The van der Waals surface area contributed by atoms with Gasteiger partial charge in [0.15, 0.2) is 11.5 Å². The standard InChI is InChI=1S/C15H22N2O2/c16-10-12-3-5-17(6-4-12)11-13-1-2-14-15(9-13)19-8-7-18-14/h1-2,9,12H,3-8,10-11,16H2. The van der Waals surface area contributed by atoms with Gasteiger partial charge in [-0.05, 0) is 56.1 Å². The maximum atomic E-state index is 5.73. The number of nitrogens with two attached hydrogens (primary N) is 1. The highest BCUT2D eigenvalue weighted by Gasteiger charge is 2.19. The van der Waals surface area contributed by atoms with Gasteiger partial charge in [-0.1, -0.05) is 6.07 Å². The zero-order valence-corrected chi connectivity index (χ0v) is 11.3. The lowest BCUT2D eigenvalue weighted by Crippen LogP contribution is -2.35. The highest BCUT2D eigenvalue weighted by atomic mass is 16.6. The number of piperidine rings is 1. The van der Waals surface area contributed by atoms with Gasteiger partial charge in [0.25, 0.3) is 0 Å². The van der Waals surface area contributed by atoms with Crippen LogP contribution in [-0.4, -0.2) is 37.7 Å². The van der Waals surface area contributed by atoms with E-state index in [2.05, 4.69) is 17.0 Å². The summed E-state index contributed by atoms with van der Waals surface area (Å²) >= 11 is 0. The average molecular weight is 262 g/mol. The lowest BCUT2D eigenvalue weighted by molar-refractivity contribution is 0.168. The predicted octanol–water partition coefficient (Wildman–Crippen LogP) is 1.63. The molecule has 0 saturated carbocycles. The second kappa shape index (κ2) is 5.80. The van der Waals surface area contributed by atoms with E-state index in [0.717, 1.165) is 43.6 Å². The molecule has 1 aromatic carbocycles. The fourth-order valence-electron chi connectivity index (χ4n) is 2.82. The smallest absolute Gasteiger partial charge is 0.161 e. The quantitative estimate of drug-likeness (QED) is 0.899. The molecule has 0 radical (unpaired) electrons. The second-order valence-electron chi connectivity index (χ2n) is 5.43. The number of hydrogen-bond acceptors (Lipinski definition) is 4. The fraction of sp³-hybridized carbons (Fsp3) is 0.600. The zero-order chi connectivity index (χ0) is 13.1. The Balaban J connectivity index is 1.61. The van der Waals surface area contributed by atoms with Crippen LogP contribution in [0.25, 0.3) is 0 Å². The van der Waals surface area contributed by atoms with Gasteiger partial charge in [0.2, 0.25) is 0 Å². The van der Waals surface area contributed by atoms with Crippen LogP contribution in [0.1, 0.15) is 18.4 Å². The third kappa shape index (κ3) is 3.01. The SMILES string of the molecule is NCC1CCN(Cc2ccc3c(c2)OCCO3)CC1. The van der Waals surface area contributed by atoms with Crippen molar-refractivity contribution in [1.29, 1.82) is 0 Å². The molecule has 3 rings (SSSR count). The lowest BCUT2D eigenvalue weighted by Gasteiger charge is -2.31. The van der Waals surface area contributed by atoms with Gasteiger partial charge in [-0.15, -0.1) is 0 Å². The molecule has 2 heterocycles. The van der Waals surface area contributed by atoms with Crippen LogP contribution in [0.2, 0.25) is 0 Å². The summed E-state index contributed by atoms with van der Waals surface area (Å²) in [5, 5.41) is 0. The first kappa shape index (κ1) is 12.8. The van der Waals surface area contributed by atoms with Crippen molar-refractivity contribution in [2.45, 2.75) is 19.4 Å². The summed E-state index contributed by atoms with van der Waals surface area (Å²) in [5.74, 6) is 2.48. The van der Waals surface area contributed by atoms with Gasteiger partial charge < -0.3 is 15.2 Å². The van der Waals surface area contributed by atoms with Crippen molar-refractivity contribution in [3.8, 4) is 11.5 Å². The van der Waals surface area contributed by atoms with Crippen LogP contribution in [0.4, 0.5) is 0 Å². The van der Waals surface area contributed by atoms with Crippen molar-refractivity contribution in [2.75, 3.05) is 32.8 Å². The number of fused-ring (bicyclic) bond motifs is 1. The van der Waals surface area contributed by atoms with E-state index >= 15 is 0 Å². The Labute approximate surface area is 114 Å². The molecule has 2 aliphatic rings. The van der Waals surface area contributed by atoms with E-state index < -0.39 is 0 Å². The van der Waals surface area contributed by atoms with Gasteiger partial charge >= 0.3 is 0 Å². The monoisotopic (exact) mass is 262 g/mol. The lowest BCUT2D eigenvalue weighted by atomic mass is 9.97. The van der Waals surface area contributed by atoms with Crippen molar-refractivity contribution in [1.82, 2.24) is 4.90 Å². The van der Waals surface area contributed by atoms with Crippen molar-refractivity contribution < 1.29 is 9.47 Å². The largest absolute Gasteiger partial charge is 0.486 e. The summed E-state index contributed by atoms with van der Waals surface area (Å²) in [7, 11) is 0. The molecule has 1 saturated heterocycles. The van der Waals surface area contributed by atoms with Crippen molar-refractivity contribution in [2.24, 2.45) is 11.7 Å². The van der Waals surface area contributed by atoms with E-state index in [9.17, 15) is 0 Å². The van der Waals surface area contributed by atoms with E-state index in [-0.39, 0.29) is 0 Å². The Bertz CT molecular complexity index is 428. The second-order valence-corrected chi connectivity index (χ2v) is 5.43. The maximum Gasteiger partial charge on any atom is 0.161 e. The zero-order valence-electron chi connectivity index (χ0n) is 11.3. The number of ether oxygens (including phenoxy) is 2. The molecule has 2 aliphatic heterocycles. The summed E-state index contributed by atoms with van der Waals surface area (Å²) in [6.45, 7) is 5.43. The van der Waals surface area contributed by atoms with Crippen LogP contribution >= 0.6 is 0 Å². The summed E-state index contributed by atoms with van der Waals surface area (Å²) in [5.41, 5.74) is 7.03. The van der Waals surface area contributed by atoms with E-state index in [4.69, 9.17) is 15.2 Å². The van der Waals surface area contributed by atoms with Crippen LogP contribution in [-0.2, 0) is 6.54 Å². The maximum absolute atomic E-state index is 5.73. The van der Waals surface area contributed by atoms with Gasteiger partial charge in [-0.2, -0.15) is 0 Å². The third-order valence-electron chi connectivity index (χ3n) is 4.05. The first-order valence-electron chi connectivity index (χ1n) is 7.16. The van der Waals surface area contributed by atoms with Gasteiger partial charge in [0.1, 0.15) is 13.2 Å². The number of hydrogen-bond donors (Lipinski definition) is 1. The summed E-state index contributed by atoms with van der Waals surface area (Å²) < 4.78 is 11.2. The number of rotatable bonds is 3. The number of nitrogens with zero attached hydrogens (tertiary/aromatic N) is 1. The van der Waals surface area contributed by atoms with Gasteiger partial charge in [-0.25, -0.2) is 0 Å². The summed E-state index contributed by atoms with van der Waals surface area (Å²) in [6.07, 6.45) is 2.45. The normalized spacial score (nSPS) is 20.5. The topological polar surface area (TPSA) is 47.7 Å². The highest BCUT2D eigenvalue weighted by molar-refractivity contribution is 5.43. The molecular weight excluding hydrogens is 240 g/mol. The molecule has 0 aliphatic carbocycles. The predicted molar refractivity (Wildman–Crippen MR) is 74.5 cm³/mol. The molecule has 2 N–H and O–H groups in total. The molecule has 19 heavy (non-hydrogen) atoms. The summed E-state index contributed by atoms with van der Waals surface area (Å²) in [4.78, 5) is 2.50. The minimum Gasteiger partial charge on any atom is -0.486 e. The minimum absolute atomic E-state index is 0.651. The van der Waals surface area contributed by atoms with Crippen LogP contribution in [0, 0.1) is 5.92 Å². The Morgan fingerprint density at radius 1 is 1.11 bits per heavy atom. The molecule has 1 aromatic rings. The summed E-state index contributed by atoms with van der Waals surface area (Å²) in [6, 6.07) is 6.28. The van der Waals surface area contributed by atoms with Gasteiger partial charge in [-0.3, -0.25) is 4.90 Å². The Morgan fingerprint density at radius 3 is 2.58 bits per heavy atom. The molecule has 0 atom stereocenters. The van der Waals surface area contributed by atoms with Crippen LogP contribution < -0.4 is 15.2 Å². The highest BCUT2D eigenvalue weighted by Crippen LogP contribution is 2.31. The molecule has 0 bridgehead atoms. The van der Waals surface area contributed by atoms with Gasteiger partial charge in [0.05, 0.1) is 0 Å².